The molecule has 1 aromatic carbocycles. The van der Waals surface area contributed by atoms with Gasteiger partial charge >= 0.3 is 0 Å². The fourth-order valence-corrected chi connectivity index (χ4v) is 4.87. The van der Waals surface area contributed by atoms with E-state index >= 15 is 0 Å². The van der Waals surface area contributed by atoms with Gasteiger partial charge < -0.3 is 24.8 Å². The molecule has 0 bridgehead atoms. The van der Waals surface area contributed by atoms with E-state index in [0.717, 1.165) is 5.56 Å². The first-order valence-corrected chi connectivity index (χ1v) is 10.8. The van der Waals surface area contributed by atoms with Gasteiger partial charge in [0.2, 0.25) is 5.75 Å². The maximum atomic E-state index is 11.6. The number of halogens is 1. The number of aliphatic imine (C=N–C) groups is 1. The van der Waals surface area contributed by atoms with E-state index in [-0.39, 0.29) is 41.4 Å². The number of methoxy groups -OCH3 is 3. The number of guanidine groups is 1. The first kappa shape index (κ1) is 24.6. The lowest BCUT2D eigenvalue weighted by atomic mass is 10.1. The Morgan fingerprint density at radius 2 is 1.79 bits per heavy atom. The van der Waals surface area contributed by atoms with Gasteiger partial charge in [0.1, 0.15) is 0 Å². The summed E-state index contributed by atoms with van der Waals surface area (Å²) < 4.78 is 39.2. The quantitative estimate of drug-likeness (QED) is 0.303. The Morgan fingerprint density at radius 3 is 2.25 bits per heavy atom. The molecule has 1 unspecified atom stereocenters. The molecule has 1 aromatic rings. The third-order valence-electron chi connectivity index (χ3n) is 4.37. The Labute approximate surface area is 184 Å². The molecule has 160 valence electrons. The highest BCUT2D eigenvalue weighted by molar-refractivity contribution is 14.0. The van der Waals surface area contributed by atoms with Crippen LogP contribution >= 0.6 is 24.0 Å². The van der Waals surface area contributed by atoms with Crippen LogP contribution in [-0.4, -0.2) is 60.3 Å². The molecule has 28 heavy (non-hydrogen) atoms. The maximum Gasteiger partial charge on any atom is 0.203 e. The third-order valence-corrected chi connectivity index (χ3v) is 6.21. The van der Waals surface area contributed by atoms with Gasteiger partial charge in [0.15, 0.2) is 27.3 Å². The molecule has 1 heterocycles. The molecular weight excluding hydrogens is 497 g/mol. The zero-order chi connectivity index (χ0) is 19.9. The fourth-order valence-electron chi connectivity index (χ4n) is 3.01. The summed E-state index contributed by atoms with van der Waals surface area (Å²) in [6, 6.07) is 3.72. The number of ether oxygens (including phenoxy) is 3. The van der Waals surface area contributed by atoms with E-state index in [9.17, 15) is 8.42 Å². The second kappa shape index (κ2) is 11.5. The van der Waals surface area contributed by atoms with E-state index in [0.29, 0.717) is 49.3 Å². The summed E-state index contributed by atoms with van der Waals surface area (Å²) in [5, 5.41) is 6.42. The molecule has 10 heteroatoms. The van der Waals surface area contributed by atoms with Crippen LogP contribution in [0, 0.1) is 5.92 Å². The molecule has 0 spiro atoms. The maximum absolute atomic E-state index is 11.6. The van der Waals surface area contributed by atoms with Gasteiger partial charge in [-0.1, -0.05) is 0 Å². The number of nitrogens with one attached hydrogen (secondary N) is 2. The van der Waals surface area contributed by atoms with Crippen molar-refractivity contribution in [3.63, 3.8) is 0 Å². The molecule has 0 amide bonds. The molecule has 1 aliphatic heterocycles. The summed E-state index contributed by atoms with van der Waals surface area (Å²) in [4.78, 5) is 4.58. The topological polar surface area (TPSA) is 98.2 Å². The molecule has 1 atom stereocenters. The lowest BCUT2D eigenvalue weighted by Crippen LogP contribution is -2.40. The Balaban J connectivity index is 0.00000392. The van der Waals surface area contributed by atoms with Gasteiger partial charge in [-0.05, 0) is 37.0 Å². The monoisotopic (exact) mass is 527 g/mol. The smallest absolute Gasteiger partial charge is 0.203 e. The van der Waals surface area contributed by atoms with Gasteiger partial charge in [-0.2, -0.15) is 0 Å². The van der Waals surface area contributed by atoms with Crippen LogP contribution in [0.15, 0.2) is 17.1 Å². The van der Waals surface area contributed by atoms with E-state index in [1.165, 1.54) is 0 Å². The van der Waals surface area contributed by atoms with Crippen LogP contribution in [0.2, 0.25) is 0 Å². The lowest BCUT2D eigenvalue weighted by Gasteiger charge is -2.15. The third kappa shape index (κ3) is 6.87. The zero-order valence-corrected chi connectivity index (χ0v) is 19.9. The minimum atomic E-state index is -2.87. The first-order valence-electron chi connectivity index (χ1n) is 8.93. The van der Waals surface area contributed by atoms with Crippen molar-refractivity contribution >= 4 is 39.8 Å². The number of benzene rings is 1. The van der Waals surface area contributed by atoms with Gasteiger partial charge in [0, 0.05) is 13.1 Å². The number of rotatable bonds is 8. The van der Waals surface area contributed by atoms with Crippen molar-refractivity contribution in [3.05, 3.63) is 17.7 Å². The van der Waals surface area contributed by atoms with E-state index in [4.69, 9.17) is 14.2 Å². The summed E-state index contributed by atoms with van der Waals surface area (Å²) in [6.07, 6.45) is 0.696. The number of hydrogen-bond acceptors (Lipinski definition) is 6. The van der Waals surface area contributed by atoms with Gasteiger partial charge in [-0.3, -0.25) is 0 Å². The molecule has 1 saturated heterocycles. The van der Waals surface area contributed by atoms with Gasteiger partial charge in [-0.25, -0.2) is 13.4 Å². The first-order chi connectivity index (χ1) is 12.9. The second-order valence-electron chi connectivity index (χ2n) is 6.38. The van der Waals surface area contributed by atoms with Crippen molar-refractivity contribution in [3.8, 4) is 17.2 Å². The molecule has 2 N–H and O–H groups in total. The van der Waals surface area contributed by atoms with Crippen LogP contribution in [0.3, 0.4) is 0 Å². The van der Waals surface area contributed by atoms with E-state index in [1.807, 2.05) is 19.1 Å². The number of sulfone groups is 1. The Hall–Kier alpha value is -1.43. The SMILES string of the molecule is CCNC(=NCc1cc(OC)c(OC)c(OC)c1)NCC1CCS(=O)(=O)C1.I. The summed E-state index contributed by atoms with van der Waals surface area (Å²) in [5.41, 5.74) is 0.908. The van der Waals surface area contributed by atoms with Crippen LogP contribution in [0.4, 0.5) is 0 Å². The van der Waals surface area contributed by atoms with Crippen LogP contribution in [-0.2, 0) is 16.4 Å². The van der Waals surface area contributed by atoms with E-state index in [2.05, 4.69) is 15.6 Å². The summed E-state index contributed by atoms with van der Waals surface area (Å²) in [7, 11) is 1.84. The normalized spacial score (nSPS) is 18.1. The van der Waals surface area contributed by atoms with Gasteiger partial charge in [0.05, 0.1) is 39.4 Å². The fraction of sp³-hybridized carbons (Fsp3) is 0.611. The predicted molar refractivity (Wildman–Crippen MR) is 121 cm³/mol. The molecule has 8 nitrogen and oxygen atoms in total. The standard InChI is InChI=1S/C18H29N3O5S.HI/c1-5-19-18(20-10-13-6-7-27(22,23)12-13)21-11-14-8-15(24-2)17(26-4)16(9-14)25-3;/h8-9,13H,5-7,10-12H2,1-4H3,(H2,19,20,21);1H. The highest BCUT2D eigenvalue weighted by Gasteiger charge is 2.27. The lowest BCUT2D eigenvalue weighted by molar-refractivity contribution is 0.324. The molecule has 0 aliphatic carbocycles. The largest absolute Gasteiger partial charge is 0.493 e. The summed E-state index contributed by atoms with van der Waals surface area (Å²) in [5.74, 6) is 2.99. The molecule has 0 saturated carbocycles. The van der Waals surface area contributed by atoms with Crippen LogP contribution in [0.5, 0.6) is 17.2 Å². The average molecular weight is 527 g/mol. The molecular formula is C18H30IN3O5S. The van der Waals surface area contributed by atoms with Gasteiger partial charge in [-0.15, -0.1) is 24.0 Å². The van der Waals surface area contributed by atoms with Gasteiger partial charge in [0.25, 0.3) is 0 Å². The average Bonchev–Trinajstić information content (AvgIpc) is 3.01. The van der Waals surface area contributed by atoms with Crippen molar-refractivity contribution in [2.45, 2.75) is 19.9 Å². The minimum Gasteiger partial charge on any atom is -0.493 e. The van der Waals surface area contributed by atoms with Crippen molar-refractivity contribution in [1.29, 1.82) is 0 Å². The summed E-state index contributed by atoms with van der Waals surface area (Å²) in [6.45, 7) is 3.69. The molecule has 0 radical (unpaired) electrons. The van der Waals surface area contributed by atoms with E-state index in [1.54, 1.807) is 21.3 Å². The minimum absolute atomic E-state index is 0. The van der Waals surface area contributed by atoms with Crippen molar-refractivity contribution < 1.29 is 22.6 Å². The van der Waals surface area contributed by atoms with Crippen molar-refractivity contribution in [2.24, 2.45) is 10.9 Å². The molecule has 1 aliphatic rings. The Morgan fingerprint density at radius 1 is 1.14 bits per heavy atom. The van der Waals surface area contributed by atoms with Crippen LogP contribution < -0.4 is 24.8 Å². The number of nitrogens with zero attached hydrogens (tertiary/aromatic N) is 1. The van der Waals surface area contributed by atoms with Crippen molar-refractivity contribution in [1.82, 2.24) is 10.6 Å². The number of hydrogen-bond donors (Lipinski definition) is 2. The molecule has 1 fully saturated rings. The highest BCUT2D eigenvalue weighted by atomic mass is 127. The van der Waals surface area contributed by atoms with E-state index < -0.39 is 9.84 Å². The predicted octanol–water partition coefficient (Wildman–Crippen LogP) is 1.82. The molecule has 2 rings (SSSR count). The Bertz CT molecular complexity index is 745. The second-order valence-corrected chi connectivity index (χ2v) is 8.61. The Kier molecular flexibility index (Phi) is 10.1. The molecule has 0 aromatic heterocycles. The van der Waals surface area contributed by atoms with Crippen LogP contribution in [0.1, 0.15) is 18.9 Å². The summed E-state index contributed by atoms with van der Waals surface area (Å²) >= 11 is 0. The van der Waals surface area contributed by atoms with Crippen molar-refractivity contribution in [2.75, 3.05) is 45.9 Å². The van der Waals surface area contributed by atoms with Crippen LogP contribution in [0.25, 0.3) is 0 Å². The highest BCUT2D eigenvalue weighted by Crippen LogP contribution is 2.38. The zero-order valence-electron chi connectivity index (χ0n) is 16.8.